The number of hydrogen-bond acceptors (Lipinski definition) is 3. The topological polar surface area (TPSA) is 69.7 Å². The van der Waals surface area contributed by atoms with Crippen LogP contribution in [-0.4, -0.2) is 60.2 Å². The molecule has 0 saturated carbocycles. The number of piperidine rings is 1. The van der Waals surface area contributed by atoms with Crippen molar-refractivity contribution in [3.63, 3.8) is 0 Å². The summed E-state index contributed by atoms with van der Waals surface area (Å²) < 4.78 is 0. The van der Waals surface area contributed by atoms with Crippen molar-refractivity contribution in [2.75, 3.05) is 32.7 Å². The lowest BCUT2D eigenvalue weighted by Crippen LogP contribution is -2.54. The van der Waals surface area contributed by atoms with Gasteiger partial charge in [0.25, 0.3) is 0 Å². The van der Waals surface area contributed by atoms with Crippen molar-refractivity contribution in [2.24, 2.45) is 5.92 Å². The van der Waals surface area contributed by atoms with Gasteiger partial charge >= 0.3 is 0 Å². The van der Waals surface area contributed by atoms with Gasteiger partial charge in [-0.15, -0.1) is 0 Å². The first-order valence-electron chi connectivity index (χ1n) is 9.00. The van der Waals surface area contributed by atoms with E-state index >= 15 is 0 Å². The summed E-state index contributed by atoms with van der Waals surface area (Å²) in [6.45, 7) is 2.36. The number of benzene rings is 1. The molecule has 0 aliphatic carbocycles. The Balaban J connectivity index is 1.51. The highest BCUT2D eigenvalue weighted by Crippen LogP contribution is 2.21. The van der Waals surface area contributed by atoms with Crippen molar-refractivity contribution in [1.82, 2.24) is 15.1 Å². The number of nitrogens with zero attached hydrogens (tertiary/aromatic N) is 2. The normalized spacial score (nSPS) is 21.2. The van der Waals surface area contributed by atoms with E-state index in [4.69, 9.17) is 0 Å². The van der Waals surface area contributed by atoms with Crippen LogP contribution in [0.1, 0.15) is 24.8 Å². The third-order valence-electron chi connectivity index (χ3n) is 4.94. The Hall–Kier alpha value is -2.37. The molecule has 2 heterocycles. The van der Waals surface area contributed by atoms with Gasteiger partial charge in [0.2, 0.25) is 17.7 Å². The van der Waals surface area contributed by atoms with Gasteiger partial charge in [-0.1, -0.05) is 30.3 Å². The molecule has 1 unspecified atom stereocenters. The van der Waals surface area contributed by atoms with E-state index in [1.165, 1.54) is 5.56 Å². The molecule has 0 bridgehead atoms. The zero-order chi connectivity index (χ0) is 17.6. The maximum Gasteiger partial charge on any atom is 0.239 e. The summed E-state index contributed by atoms with van der Waals surface area (Å²) in [6, 6.07) is 10.2. The molecule has 1 aromatic rings. The highest BCUT2D eigenvalue weighted by atomic mass is 16.2. The lowest BCUT2D eigenvalue weighted by atomic mass is 9.95. The van der Waals surface area contributed by atoms with Crippen LogP contribution in [0, 0.1) is 5.92 Å². The van der Waals surface area contributed by atoms with Gasteiger partial charge in [-0.3, -0.25) is 14.4 Å². The van der Waals surface area contributed by atoms with E-state index in [-0.39, 0.29) is 30.2 Å². The molecule has 6 heteroatoms. The van der Waals surface area contributed by atoms with Crippen molar-refractivity contribution < 1.29 is 14.4 Å². The first-order chi connectivity index (χ1) is 12.1. The predicted octanol–water partition coefficient (Wildman–Crippen LogP) is 0.816. The molecule has 134 valence electrons. The maximum absolute atomic E-state index is 12.7. The van der Waals surface area contributed by atoms with Gasteiger partial charge in [0.15, 0.2) is 0 Å². The Kier molecular flexibility index (Phi) is 5.68. The average Bonchev–Trinajstić information content (AvgIpc) is 2.63. The quantitative estimate of drug-likeness (QED) is 0.860. The summed E-state index contributed by atoms with van der Waals surface area (Å²) in [5, 5.41) is 2.73. The number of likely N-dealkylation sites (tertiary alicyclic amines) is 1. The van der Waals surface area contributed by atoms with Crippen LogP contribution in [0.4, 0.5) is 0 Å². The fourth-order valence-corrected chi connectivity index (χ4v) is 3.54. The number of hydrogen-bond donors (Lipinski definition) is 1. The minimum atomic E-state index is -0.180. The molecule has 0 aromatic heterocycles. The van der Waals surface area contributed by atoms with Crippen LogP contribution in [0.5, 0.6) is 0 Å². The molecule has 3 amide bonds. The van der Waals surface area contributed by atoms with E-state index in [2.05, 4.69) is 17.4 Å². The van der Waals surface area contributed by atoms with Crippen LogP contribution in [0.25, 0.3) is 0 Å². The molecule has 1 N–H and O–H groups in total. The van der Waals surface area contributed by atoms with Crippen LogP contribution in [0.15, 0.2) is 30.3 Å². The Morgan fingerprint density at radius 1 is 1.20 bits per heavy atom. The van der Waals surface area contributed by atoms with Crippen LogP contribution in [0.3, 0.4) is 0 Å². The van der Waals surface area contributed by atoms with E-state index in [9.17, 15) is 14.4 Å². The van der Waals surface area contributed by atoms with Gasteiger partial charge < -0.3 is 15.1 Å². The first-order valence-corrected chi connectivity index (χ1v) is 9.00. The van der Waals surface area contributed by atoms with E-state index in [1.807, 2.05) is 23.1 Å². The number of amides is 3. The largest absolute Gasteiger partial charge is 0.353 e. The molecule has 2 aliphatic rings. The SMILES string of the molecule is O=C1CN(C(=O)C2CCC(=O)N(CCCc3ccccc3)C2)CCN1. The summed E-state index contributed by atoms with van der Waals surface area (Å²) in [4.78, 5) is 39.8. The molecule has 1 aromatic carbocycles. The molecule has 2 fully saturated rings. The zero-order valence-electron chi connectivity index (χ0n) is 14.4. The second-order valence-corrected chi connectivity index (χ2v) is 6.77. The Bertz CT molecular complexity index is 632. The molecular formula is C19H25N3O3. The van der Waals surface area contributed by atoms with Crippen molar-refractivity contribution in [2.45, 2.75) is 25.7 Å². The van der Waals surface area contributed by atoms with Gasteiger partial charge in [-0.2, -0.15) is 0 Å². The van der Waals surface area contributed by atoms with Gasteiger partial charge in [0.05, 0.1) is 12.5 Å². The summed E-state index contributed by atoms with van der Waals surface area (Å²) in [5.74, 6) is -0.143. The Morgan fingerprint density at radius 2 is 2.00 bits per heavy atom. The first kappa shape index (κ1) is 17.5. The summed E-state index contributed by atoms with van der Waals surface area (Å²) in [5.41, 5.74) is 1.26. The lowest BCUT2D eigenvalue weighted by Gasteiger charge is -2.36. The number of nitrogens with one attached hydrogen (secondary N) is 1. The average molecular weight is 343 g/mol. The molecule has 0 radical (unpaired) electrons. The number of rotatable bonds is 5. The highest BCUT2D eigenvalue weighted by Gasteiger charge is 2.33. The van der Waals surface area contributed by atoms with Crippen molar-refractivity contribution >= 4 is 17.7 Å². The van der Waals surface area contributed by atoms with Crippen LogP contribution >= 0.6 is 0 Å². The smallest absolute Gasteiger partial charge is 0.239 e. The van der Waals surface area contributed by atoms with Gasteiger partial charge in [-0.05, 0) is 24.8 Å². The van der Waals surface area contributed by atoms with E-state index < -0.39 is 0 Å². The monoisotopic (exact) mass is 343 g/mol. The van der Waals surface area contributed by atoms with Crippen molar-refractivity contribution in [3.05, 3.63) is 35.9 Å². The standard InChI is InChI=1S/C19H25N3O3/c23-17-14-22(12-10-20-17)19(25)16-8-9-18(24)21(13-16)11-4-7-15-5-2-1-3-6-15/h1-3,5-6,16H,4,7-14H2,(H,20,23). The summed E-state index contributed by atoms with van der Waals surface area (Å²) in [7, 11) is 0. The maximum atomic E-state index is 12.7. The molecule has 3 rings (SSSR count). The molecule has 1 atom stereocenters. The number of aryl methyl sites for hydroxylation is 1. The predicted molar refractivity (Wildman–Crippen MR) is 93.7 cm³/mol. The molecule has 25 heavy (non-hydrogen) atoms. The van der Waals surface area contributed by atoms with E-state index in [1.54, 1.807) is 4.90 Å². The third kappa shape index (κ3) is 4.59. The molecule has 2 aliphatic heterocycles. The van der Waals surface area contributed by atoms with Gasteiger partial charge in [0, 0.05) is 32.6 Å². The van der Waals surface area contributed by atoms with Crippen LogP contribution in [0.2, 0.25) is 0 Å². The van der Waals surface area contributed by atoms with E-state index in [0.29, 0.717) is 39.0 Å². The zero-order valence-corrected chi connectivity index (χ0v) is 14.4. The fraction of sp³-hybridized carbons (Fsp3) is 0.526. The number of carbonyl (C=O) groups excluding carboxylic acids is 3. The molecular weight excluding hydrogens is 318 g/mol. The fourth-order valence-electron chi connectivity index (χ4n) is 3.54. The van der Waals surface area contributed by atoms with E-state index in [0.717, 1.165) is 12.8 Å². The summed E-state index contributed by atoms with van der Waals surface area (Å²) in [6.07, 6.45) is 2.82. The second kappa shape index (κ2) is 8.14. The van der Waals surface area contributed by atoms with Gasteiger partial charge in [-0.25, -0.2) is 0 Å². The molecule has 2 saturated heterocycles. The van der Waals surface area contributed by atoms with Crippen LogP contribution < -0.4 is 5.32 Å². The Morgan fingerprint density at radius 3 is 2.76 bits per heavy atom. The number of piperazine rings is 1. The van der Waals surface area contributed by atoms with Crippen molar-refractivity contribution in [1.29, 1.82) is 0 Å². The van der Waals surface area contributed by atoms with Crippen LogP contribution in [-0.2, 0) is 20.8 Å². The molecule has 6 nitrogen and oxygen atoms in total. The Labute approximate surface area is 148 Å². The minimum absolute atomic E-state index is 0.00964. The lowest BCUT2D eigenvalue weighted by molar-refractivity contribution is -0.146. The summed E-state index contributed by atoms with van der Waals surface area (Å²) >= 11 is 0. The molecule has 0 spiro atoms. The number of carbonyl (C=O) groups is 3. The minimum Gasteiger partial charge on any atom is -0.353 e. The van der Waals surface area contributed by atoms with Crippen molar-refractivity contribution in [3.8, 4) is 0 Å². The highest BCUT2D eigenvalue weighted by molar-refractivity contribution is 5.88. The van der Waals surface area contributed by atoms with Gasteiger partial charge in [0.1, 0.15) is 0 Å². The third-order valence-corrected chi connectivity index (χ3v) is 4.94. The second-order valence-electron chi connectivity index (χ2n) is 6.77.